The Morgan fingerprint density at radius 2 is 1.67 bits per heavy atom. The molecule has 0 fully saturated rings. The second-order valence-corrected chi connectivity index (χ2v) is 4.44. The van der Waals surface area contributed by atoms with Crippen LogP contribution in [0.5, 0.6) is 5.75 Å². The molecule has 3 rings (SSSR count). The minimum atomic E-state index is 0.821. The maximum absolute atomic E-state index is 5.16. The molecule has 0 unspecified atom stereocenters. The Bertz CT molecular complexity index is 549. The maximum atomic E-state index is 5.16. The van der Waals surface area contributed by atoms with Crippen molar-refractivity contribution in [1.29, 1.82) is 0 Å². The number of methoxy groups -OCH3 is 1. The highest BCUT2D eigenvalue weighted by atomic mass is 16.5. The van der Waals surface area contributed by atoms with Crippen LogP contribution < -0.4 is 15.4 Å². The highest BCUT2D eigenvalue weighted by molar-refractivity contribution is 5.73. The molecule has 0 saturated heterocycles. The Hall–Kier alpha value is -2.16. The Labute approximate surface area is 107 Å². The summed E-state index contributed by atoms with van der Waals surface area (Å²) < 4.78 is 5.16. The summed E-state index contributed by atoms with van der Waals surface area (Å²) in [7, 11) is 1.69. The molecule has 0 amide bonds. The average Bonchev–Trinajstić information content (AvgIpc) is 2.87. The highest BCUT2D eigenvalue weighted by Crippen LogP contribution is 2.27. The molecule has 0 saturated carbocycles. The maximum Gasteiger partial charge on any atom is 0.118 e. The lowest BCUT2D eigenvalue weighted by molar-refractivity contribution is 0.414. The molecule has 0 bridgehead atoms. The molecule has 1 aliphatic rings. The molecule has 2 N–H and O–H groups in total. The Morgan fingerprint density at radius 3 is 2.44 bits per heavy atom. The van der Waals surface area contributed by atoms with Crippen molar-refractivity contribution in [1.82, 2.24) is 0 Å². The number of anilines is 2. The molecule has 2 aromatic rings. The third-order valence-electron chi connectivity index (χ3n) is 3.21. The fourth-order valence-electron chi connectivity index (χ4n) is 2.22. The molecule has 2 aromatic carbocycles. The predicted molar refractivity (Wildman–Crippen MR) is 74.4 cm³/mol. The Kier molecular flexibility index (Phi) is 2.81. The summed E-state index contributed by atoms with van der Waals surface area (Å²) >= 11 is 0. The van der Waals surface area contributed by atoms with Gasteiger partial charge >= 0.3 is 0 Å². The summed E-state index contributed by atoms with van der Waals surface area (Å²) in [5.74, 6) is 0.901. The van der Waals surface area contributed by atoms with Crippen molar-refractivity contribution in [2.75, 3.05) is 24.4 Å². The zero-order valence-corrected chi connectivity index (χ0v) is 10.4. The summed E-state index contributed by atoms with van der Waals surface area (Å²) in [5.41, 5.74) is 4.99. The molecule has 1 aliphatic heterocycles. The van der Waals surface area contributed by atoms with E-state index in [4.69, 9.17) is 4.74 Å². The zero-order valence-electron chi connectivity index (χ0n) is 10.4. The van der Waals surface area contributed by atoms with Crippen LogP contribution in [0, 0.1) is 0 Å². The number of hydrogen-bond donors (Lipinski definition) is 2. The summed E-state index contributed by atoms with van der Waals surface area (Å²) in [6, 6.07) is 14.7. The second-order valence-electron chi connectivity index (χ2n) is 4.44. The number of ether oxygens (including phenoxy) is 1. The van der Waals surface area contributed by atoms with Gasteiger partial charge in [0.25, 0.3) is 0 Å². The van der Waals surface area contributed by atoms with Gasteiger partial charge in [-0.05, 0) is 41.8 Å². The van der Waals surface area contributed by atoms with Crippen molar-refractivity contribution in [2.45, 2.75) is 6.42 Å². The topological polar surface area (TPSA) is 33.3 Å². The van der Waals surface area contributed by atoms with E-state index in [2.05, 4.69) is 41.0 Å². The van der Waals surface area contributed by atoms with Gasteiger partial charge in [0.1, 0.15) is 5.75 Å². The van der Waals surface area contributed by atoms with Gasteiger partial charge in [-0.1, -0.05) is 18.2 Å². The largest absolute Gasteiger partial charge is 0.497 e. The van der Waals surface area contributed by atoms with Gasteiger partial charge in [-0.25, -0.2) is 0 Å². The second kappa shape index (κ2) is 4.61. The van der Waals surface area contributed by atoms with E-state index in [0.29, 0.717) is 0 Å². The van der Waals surface area contributed by atoms with Gasteiger partial charge in [0.15, 0.2) is 0 Å². The average molecular weight is 240 g/mol. The smallest absolute Gasteiger partial charge is 0.118 e. The van der Waals surface area contributed by atoms with E-state index in [1.54, 1.807) is 7.11 Å². The number of rotatable bonds is 3. The van der Waals surface area contributed by atoms with Gasteiger partial charge in [-0.2, -0.15) is 0 Å². The van der Waals surface area contributed by atoms with Crippen molar-refractivity contribution in [2.24, 2.45) is 0 Å². The van der Waals surface area contributed by atoms with Gasteiger partial charge in [-0.15, -0.1) is 0 Å². The van der Waals surface area contributed by atoms with Crippen LogP contribution in [0.1, 0.15) is 11.1 Å². The third-order valence-corrected chi connectivity index (χ3v) is 3.21. The number of benzene rings is 2. The molecule has 0 radical (unpaired) electrons. The van der Waals surface area contributed by atoms with Crippen LogP contribution >= 0.6 is 0 Å². The quantitative estimate of drug-likeness (QED) is 0.865. The normalized spacial score (nSPS) is 12.5. The lowest BCUT2D eigenvalue weighted by atomic mass is 10.0. The van der Waals surface area contributed by atoms with E-state index in [-0.39, 0.29) is 0 Å². The standard InChI is InChI=1S/C15H16N2O/c1-18-13-5-2-11(3-6-13)8-12-4-7-14-15(9-12)17-10-16-14/h2-7,9,16-17H,8,10H2,1H3. The Morgan fingerprint density at radius 1 is 0.944 bits per heavy atom. The van der Waals surface area contributed by atoms with Crippen LogP contribution in [0.3, 0.4) is 0 Å². The van der Waals surface area contributed by atoms with Gasteiger partial charge in [-0.3, -0.25) is 0 Å². The first-order valence-electron chi connectivity index (χ1n) is 6.09. The van der Waals surface area contributed by atoms with Gasteiger partial charge in [0.05, 0.1) is 25.2 Å². The van der Waals surface area contributed by atoms with Crippen molar-refractivity contribution >= 4 is 11.4 Å². The van der Waals surface area contributed by atoms with Crippen molar-refractivity contribution in [3.63, 3.8) is 0 Å². The number of nitrogens with one attached hydrogen (secondary N) is 2. The van der Waals surface area contributed by atoms with Crippen molar-refractivity contribution in [3.05, 3.63) is 53.6 Å². The molecule has 3 nitrogen and oxygen atoms in total. The van der Waals surface area contributed by atoms with Crippen LogP contribution in [0.2, 0.25) is 0 Å². The minimum Gasteiger partial charge on any atom is -0.497 e. The zero-order chi connectivity index (χ0) is 12.4. The first kappa shape index (κ1) is 11.0. The summed E-state index contributed by atoms with van der Waals surface area (Å²) in [4.78, 5) is 0. The van der Waals surface area contributed by atoms with Crippen molar-refractivity contribution < 1.29 is 4.74 Å². The Balaban J connectivity index is 1.79. The fourth-order valence-corrected chi connectivity index (χ4v) is 2.22. The molecule has 0 atom stereocenters. The first-order chi connectivity index (χ1) is 8.85. The van der Waals surface area contributed by atoms with Crippen LogP contribution in [0.15, 0.2) is 42.5 Å². The highest BCUT2D eigenvalue weighted by Gasteiger charge is 2.09. The third kappa shape index (κ3) is 2.12. The summed E-state index contributed by atoms with van der Waals surface area (Å²) in [5, 5.41) is 6.59. The minimum absolute atomic E-state index is 0.821. The van der Waals surface area contributed by atoms with Crippen LogP contribution in [0.25, 0.3) is 0 Å². The van der Waals surface area contributed by atoms with E-state index in [9.17, 15) is 0 Å². The molecular formula is C15H16N2O. The van der Waals surface area contributed by atoms with E-state index in [1.807, 2.05) is 12.1 Å². The van der Waals surface area contributed by atoms with Crippen molar-refractivity contribution in [3.8, 4) is 5.75 Å². The van der Waals surface area contributed by atoms with Gasteiger partial charge < -0.3 is 15.4 Å². The number of fused-ring (bicyclic) bond motifs is 1. The first-order valence-corrected chi connectivity index (χ1v) is 6.09. The lowest BCUT2D eigenvalue weighted by Crippen LogP contribution is -1.99. The fraction of sp³-hybridized carbons (Fsp3) is 0.200. The van der Waals surface area contributed by atoms with E-state index in [1.165, 1.54) is 22.5 Å². The van der Waals surface area contributed by atoms with E-state index in [0.717, 1.165) is 18.8 Å². The number of hydrogen-bond acceptors (Lipinski definition) is 3. The monoisotopic (exact) mass is 240 g/mol. The lowest BCUT2D eigenvalue weighted by Gasteiger charge is -2.06. The van der Waals surface area contributed by atoms with E-state index >= 15 is 0 Å². The molecule has 18 heavy (non-hydrogen) atoms. The molecule has 92 valence electrons. The molecule has 1 heterocycles. The van der Waals surface area contributed by atoms with Crippen LogP contribution in [-0.2, 0) is 6.42 Å². The molecule has 0 spiro atoms. The molecule has 0 aliphatic carbocycles. The molecular weight excluding hydrogens is 224 g/mol. The molecule has 0 aromatic heterocycles. The molecule has 3 heteroatoms. The predicted octanol–water partition coefficient (Wildman–Crippen LogP) is 3.08. The summed E-state index contributed by atoms with van der Waals surface area (Å²) in [6.07, 6.45) is 0.943. The SMILES string of the molecule is COc1ccc(Cc2ccc3c(c2)NCN3)cc1. The van der Waals surface area contributed by atoms with Crippen LogP contribution in [0.4, 0.5) is 11.4 Å². The van der Waals surface area contributed by atoms with E-state index < -0.39 is 0 Å². The van der Waals surface area contributed by atoms with Gasteiger partial charge in [0, 0.05) is 0 Å². The van der Waals surface area contributed by atoms with Crippen LogP contribution in [-0.4, -0.2) is 13.8 Å². The van der Waals surface area contributed by atoms with Gasteiger partial charge in [0.2, 0.25) is 0 Å². The summed E-state index contributed by atoms with van der Waals surface area (Å²) in [6.45, 7) is 0.821.